The molecule has 12 heteroatoms. The Morgan fingerprint density at radius 3 is 2.59 bits per heavy atom. The van der Waals surface area contributed by atoms with Crippen molar-refractivity contribution in [1.82, 2.24) is 30.4 Å². The lowest BCUT2D eigenvalue weighted by molar-refractivity contribution is 0.0481. The number of para-hydroxylation sites is 1. The van der Waals surface area contributed by atoms with Crippen molar-refractivity contribution in [3.63, 3.8) is 0 Å². The maximum atomic E-state index is 12.1. The highest BCUT2D eigenvalue weighted by molar-refractivity contribution is 5.74. The van der Waals surface area contributed by atoms with Gasteiger partial charge in [-0.3, -0.25) is 4.90 Å². The fourth-order valence-electron chi connectivity index (χ4n) is 5.38. The number of rotatable bonds is 5. The summed E-state index contributed by atoms with van der Waals surface area (Å²) in [4.78, 5) is 27.9. The van der Waals surface area contributed by atoms with Crippen LogP contribution in [0, 0.1) is 11.8 Å². The van der Waals surface area contributed by atoms with Gasteiger partial charge >= 0.3 is 6.09 Å². The SMILES string of the molecule is CC(C)(C)OC(=O)NC1CCN(CC#Cc2nccc(N3CCCN(c4cc(-c5ccccc5O)nnc4N)CC3)n2)CC1. The van der Waals surface area contributed by atoms with E-state index >= 15 is 0 Å². The number of nitrogens with zero attached hydrogens (tertiary/aromatic N) is 7. The number of hydrogen-bond acceptors (Lipinski definition) is 11. The van der Waals surface area contributed by atoms with Crippen LogP contribution >= 0.6 is 0 Å². The van der Waals surface area contributed by atoms with E-state index in [1.54, 1.807) is 18.3 Å². The van der Waals surface area contributed by atoms with Gasteiger partial charge in [0, 0.05) is 57.1 Å². The Hall–Kier alpha value is -4.63. The number of piperidine rings is 1. The Labute approximate surface area is 258 Å². The summed E-state index contributed by atoms with van der Waals surface area (Å²) < 4.78 is 5.37. The van der Waals surface area contributed by atoms with Crippen molar-refractivity contribution in [2.24, 2.45) is 0 Å². The molecule has 3 aromatic rings. The van der Waals surface area contributed by atoms with E-state index in [1.807, 2.05) is 45.0 Å². The summed E-state index contributed by atoms with van der Waals surface area (Å²) in [5.41, 5.74) is 7.75. The number of phenols is 1. The number of hydrogen-bond donors (Lipinski definition) is 3. The van der Waals surface area contributed by atoms with Crippen LogP contribution in [-0.4, -0.2) is 93.7 Å². The van der Waals surface area contributed by atoms with Crippen LogP contribution in [-0.2, 0) is 4.74 Å². The van der Waals surface area contributed by atoms with Crippen LogP contribution in [0.1, 0.15) is 45.9 Å². The molecule has 0 bridgehead atoms. The summed E-state index contributed by atoms with van der Waals surface area (Å²) in [5.74, 6) is 8.21. The van der Waals surface area contributed by atoms with E-state index in [2.05, 4.69) is 47.0 Å². The summed E-state index contributed by atoms with van der Waals surface area (Å²) >= 11 is 0. The van der Waals surface area contributed by atoms with E-state index in [0.717, 1.165) is 70.0 Å². The minimum Gasteiger partial charge on any atom is -0.507 e. The summed E-state index contributed by atoms with van der Waals surface area (Å²) in [7, 11) is 0. The molecule has 2 aliphatic heterocycles. The summed E-state index contributed by atoms with van der Waals surface area (Å²) in [6.45, 7) is 11.0. The van der Waals surface area contributed by atoms with Gasteiger partial charge in [-0.1, -0.05) is 18.1 Å². The van der Waals surface area contributed by atoms with Crippen LogP contribution in [0.4, 0.5) is 22.1 Å². The van der Waals surface area contributed by atoms with Gasteiger partial charge < -0.3 is 30.7 Å². The van der Waals surface area contributed by atoms with Crippen LogP contribution < -0.4 is 20.9 Å². The summed E-state index contributed by atoms with van der Waals surface area (Å²) in [6.07, 6.45) is 4.01. The highest BCUT2D eigenvalue weighted by atomic mass is 16.6. The maximum Gasteiger partial charge on any atom is 0.407 e. The van der Waals surface area contributed by atoms with Gasteiger partial charge in [0.1, 0.15) is 17.2 Å². The second-order valence-electron chi connectivity index (χ2n) is 12.1. The molecule has 0 aliphatic carbocycles. The molecule has 0 unspecified atom stereocenters. The van der Waals surface area contributed by atoms with E-state index in [9.17, 15) is 9.90 Å². The fraction of sp³-hybridized carbons (Fsp3) is 0.469. The molecule has 4 N–H and O–H groups in total. The molecule has 232 valence electrons. The van der Waals surface area contributed by atoms with Crippen molar-refractivity contribution in [3.8, 4) is 28.8 Å². The van der Waals surface area contributed by atoms with Gasteiger partial charge in [0.05, 0.1) is 17.9 Å². The lowest BCUT2D eigenvalue weighted by atomic mass is 10.1. The minimum atomic E-state index is -0.501. The molecule has 1 aromatic carbocycles. The zero-order valence-electron chi connectivity index (χ0n) is 25.7. The molecular weight excluding hydrogens is 558 g/mol. The molecule has 1 amide bonds. The van der Waals surface area contributed by atoms with Crippen molar-refractivity contribution in [1.29, 1.82) is 0 Å². The van der Waals surface area contributed by atoms with E-state index in [1.165, 1.54) is 0 Å². The van der Waals surface area contributed by atoms with Crippen LogP contribution in [0.5, 0.6) is 5.75 Å². The quantitative estimate of drug-likeness (QED) is 0.372. The third-order valence-corrected chi connectivity index (χ3v) is 7.59. The zero-order chi connectivity index (χ0) is 31.1. The molecule has 2 saturated heterocycles. The number of nitrogen functional groups attached to an aromatic ring is 1. The zero-order valence-corrected chi connectivity index (χ0v) is 25.7. The predicted molar refractivity (Wildman–Crippen MR) is 170 cm³/mol. The van der Waals surface area contributed by atoms with Gasteiger partial charge in [-0.15, -0.1) is 10.2 Å². The number of benzene rings is 1. The standard InChI is InChI=1S/C32H41N9O3/c1-32(2,3)44-31(43)35-23-12-18-39(19-13-23)15-6-10-28-34-14-11-29(36-28)41-17-7-16-40(20-21-41)26-22-25(37-38-30(26)33)24-8-4-5-9-27(24)42/h4-5,8-9,11,14,22-23,42H,7,12-13,15-21H2,1-3H3,(H2,33,38)(H,35,43). The Morgan fingerprint density at radius 1 is 1.07 bits per heavy atom. The van der Waals surface area contributed by atoms with Crippen molar-refractivity contribution >= 4 is 23.4 Å². The molecule has 2 aliphatic rings. The number of likely N-dealkylation sites (tertiary alicyclic amines) is 1. The number of aromatic hydroxyl groups is 1. The summed E-state index contributed by atoms with van der Waals surface area (Å²) in [6, 6.07) is 11.0. The molecule has 2 fully saturated rings. The number of amides is 1. The van der Waals surface area contributed by atoms with Gasteiger partial charge in [0.15, 0.2) is 5.82 Å². The number of nitrogens with one attached hydrogen (secondary N) is 1. The lowest BCUT2D eigenvalue weighted by Crippen LogP contribution is -2.46. The molecule has 0 spiro atoms. The Kier molecular flexibility index (Phi) is 9.65. The second-order valence-corrected chi connectivity index (χ2v) is 12.1. The topological polar surface area (TPSA) is 146 Å². The highest BCUT2D eigenvalue weighted by Crippen LogP contribution is 2.31. The third kappa shape index (κ3) is 8.26. The molecule has 12 nitrogen and oxygen atoms in total. The van der Waals surface area contributed by atoms with E-state index in [0.29, 0.717) is 29.4 Å². The molecular formula is C32H41N9O3. The first-order valence-electron chi connectivity index (χ1n) is 15.1. The third-order valence-electron chi connectivity index (χ3n) is 7.59. The smallest absolute Gasteiger partial charge is 0.407 e. The average molecular weight is 600 g/mol. The summed E-state index contributed by atoms with van der Waals surface area (Å²) in [5, 5.41) is 21.7. The number of aromatic nitrogens is 4. The number of carbonyl (C=O) groups is 1. The monoisotopic (exact) mass is 599 g/mol. The van der Waals surface area contributed by atoms with E-state index in [-0.39, 0.29) is 17.9 Å². The first-order chi connectivity index (χ1) is 21.1. The molecule has 2 aromatic heterocycles. The molecule has 5 rings (SSSR count). The van der Waals surface area contributed by atoms with E-state index < -0.39 is 5.60 Å². The number of carbonyl (C=O) groups excluding carboxylic acids is 1. The van der Waals surface area contributed by atoms with Crippen molar-refractivity contribution in [2.75, 3.05) is 61.3 Å². The molecule has 4 heterocycles. The molecule has 44 heavy (non-hydrogen) atoms. The fourth-order valence-corrected chi connectivity index (χ4v) is 5.38. The van der Waals surface area contributed by atoms with Crippen molar-refractivity contribution in [2.45, 2.75) is 51.7 Å². The Balaban J connectivity index is 1.15. The van der Waals surface area contributed by atoms with Gasteiger partial charge in [-0.2, -0.15) is 0 Å². The maximum absolute atomic E-state index is 12.1. The number of anilines is 3. The van der Waals surface area contributed by atoms with Gasteiger partial charge in [0.25, 0.3) is 0 Å². The van der Waals surface area contributed by atoms with Crippen LogP contribution in [0.2, 0.25) is 0 Å². The normalized spacial score (nSPS) is 16.5. The number of phenolic OH excluding ortho intramolecular Hbond substituents is 1. The molecule has 0 atom stereocenters. The van der Waals surface area contributed by atoms with Gasteiger partial charge in [-0.05, 0) is 70.2 Å². The number of ether oxygens (including phenoxy) is 1. The second kappa shape index (κ2) is 13.8. The molecule has 0 saturated carbocycles. The van der Waals surface area contributed by atoms with Crippen LogP contribution in [0.25, 0.3) is 11.3 Å². The van der Waals surface area contributed by atoms with E-state index in [4.69, 9.17) is 15.5 Å². The number of alkyl carbamates (subject to hydrolysis) is 1. The first kappa shape index (κ1) is 30.8. The number of nitrogens with two attached hydrogens (primary N) is 1. The Morgan fingerprint density at radius 2 is 1.82 bits per heavy atom. The average Bonchev–Trinajstić information content (AvgIpc) is 3.24. The minimum absolute atomic E-state index is 0.115. The highest BCUT2D eigenvalue weighted by Gasteiger charge is 2.24. The lowest BCUT2D eigenvalue weighted by Gasteiger charge is -2.31. The van der Waals surface area contributed by atoms with Gasteiger partial charge in [0.2, 0.25) is 5.82 Å². The van der Waals surface area contributed by atoms with Crippen LogP contribution in [0.3, 0.4) is 0 Å². The van der Waals surface area contributed by atoms with Crippen LogP contribution in [0.15, 0.2) is 42.6 Å². The molecule has 0 radical (unpaired) electrons. The predicted octanol–water partition coefficient (Wildman–Crippen LogP) is 3.28. The van der Waals surface area contributed by atoms with Gasteiger partial charge in [-0.25, -0.2) is 14.8 Å². The van der Waals surface area contributed by atoms with Crippen molar-refractivity contribution < 1.29 is 14.6 Å². The first-order valence-corrected chi connectivity index (χ1v) is 15.1. The van der Waals surface area contributed by atoms with Crippen molar-refractivity contribution in [3.05, 3.63) is 48.4 Å². The Bertz CT molecular complexity index is 1510. The largest absolute Gasteiger partial charge is 0.507 e.